The molecular formula is C19H30N6. The minimum Gasteiger partial charge on any atom is -0.333 e. The molecule has 1 fully saturated rings. The molecule has 6 nitrogen and oxygen atoms in total. The van der Waals surface area contributed by atoms with Crippen molar-refractivity contribution in [3.8, 4) is 0 Å². The largest absolute Gasteiger partial charge is 0.333 e. The van der Waals surface area contributed by atoms with E-state index in [2.05, 4.69) is 33.5 Å². The zero-order chi connectivity index (χ0) is 17.6. The van der Waals surface area contributed by atoms with Gasteiger partial charge in [-0.15, -0.1) is 0 Å². The van der Waals surface area contributed by atoms with Gasteiger partial charge in [0.15, 0.2) is 6.17 Å². The van der Waals surface area contributed by atoms with E-state index in [9.17, 15) is 0 Å². The first-order valence-corrected chi connectivity index (χ1v) is 9.44. The Labute approximate surface area is 150 Å². The van der Waals surface area contributed by atoms with E-state index in [4.69, 9.17) is 4.99 Å². The summed E-state index contributed by atoms with van der Waals surface area (Å²) < 4.78 is 2.11. The van der Waals surface area contributed by atoms with Crippen molar-refractivity contribution < 1.29 is 0 Å². The number of hydrogen-bond donors (Lipinski definition) is 1. The number of aliphatic imine (C=N–C) groups is 2. The van der Waals surface area contributed by atoms with Crippen LogP contribution in [0.3, 0.4) is 0 Å². The molecule has 136 valence electrons. The highest BCUT2D eigenvalue weighted by Gasteiger charge is 2.28. The quantitative estimate of drug-likeness (QED) is 0.425. The minimum absolute atomic E-state index is 0.0197. The average molecular weight is 342 g/mol. The first-order chi connectivity index (χ1) is 12.2. The van der Waals surface area contributed by atoms with Crippen molar-refractivity contribution >= 4 is 12.2 Å². The number of amidine groups is 1. The molecule has 2 aliphatic rings. The summed E-state index contributed by atoms with van der Waals surface area (Å²) in [4.78, 5) is 13.7. The Bertz CT molecular complexity index is 640. The smallest absolute Gasteiger partial charge is 0.164 e. The molecular weight excluding hydrogens is 312 g/mol. The monoisotopic (exact) mass is 342 g/mol. The van der Waals surface area contributed by atoms with E-state index in [1.54, 1.807) is 0 Å². The van der Waals surface area contributed by atoms with E-state index >= 15 is 0 Å². The van der Waals surface area contributed by atoms with Crippen LogP contribution in [0.2, 0.25) is 0 Å². The van der Waals surface area contributed by atoms with Crippen LogP contribution >= 0.6 is 0 Å². The molecule has 1 saturated carbocycles. The van der Waals surface area contributed by atoms with Crippen LogP contribution in [0.25, 0.3) is 0 Å². The van der Waals surface area contributed by atoms with Crippen molar-refractivity contribution in [2.75, 3.05) is 6.54 Å². The fourth-order valence-electron chi connectivity index (χ4n) is 3.30. The van der Waals surface area contributed by atoms with E-state index in [1.807, 2.05) is 30.7 Å². The maximum Gasteiger partial charge on any atom is 0.164 e. The molecule has 2 heterocycles. The molecule has 0 aromatic carbocycles. The fraction of sp³-hybridized carbons (Fsp3) is 0.632. The summed E-state index contributed by atoms with van der Waals surface area (Å²) in [5.74, 6) is 2.91. The van der Waals surface area contributed by atoms with Gasteiger partial charge in [-0.2, -0.15) is 0 Å². The van der Waals surface area contributed by atoms with Crippen molar-refractivity contribution in [3.63, 3.8) is 0 Å². The molecule has 0 radical (unpaired) electrons. The number of rotatable bonds is 9. The normalized spacial score (nSPS) is 20.6. The van der Waals surface area contributed by atoms with Gasteiger partial charge < -0.3 is 4.57 Å². The average Bonchev–Trinajstić information content (AvgIpc) is 3.14. The lowest BCUT2D eigenvalue weighted by Gasteiger charge is -2.26. The highest BCUT2D eigenvalue weighted by atomic mass is 15.6. The molecule has 25 heavy (non-hydrogen) atoms. The van der Waals surface area contributed by atoms with Crippen molar-refractivity contribution in [3.05, 3.63) is 30.4 Å². The summed E-state index contributed by atoms with van der Waals surface area (Å²) >= 11 is 0. The van der Waals surface area contributed by atoms with Crippen molar-refractivity contribution in [1.82, 2.24) is 20.0 Å². The topological polar surface area (TPSA) is 57.8 Å². The molecule has 0 bridgehead atoms. The number of hydrogen-bond acceptors (Lipinski definition) is 4. The molecule has 1 aliphatic carbocycles. The third-order valence-corrected chi connectivity index (χ3v) is 5.04. The highest BCUT2D eigenvalue weighted by Crippen LogP contribution is 2.30. The lowest BCUT2D eigenvalue weighted by Crippen LogP contribution is -2.41. The molecule has 1 unspecified atom stereocenters. The summed E-state index contributed by atoms with van der Waals surface area (Å²) in [5, 5.41) is 2.02. The number of nitrogens with zero attached hydrogens (tertiary/aromatic N) is 5. The van der Waals surface area contributed by atoms with Crippen LogP contribution < -0.4 is 5.43 Å². The molecule has 1 atom stereocenters. The van der Waals surface area contributed by atoms with Gasteiger partial charge in [-0.3, -0.25) is 10.4 Å². The number of imidazole rings is 1. The van der Waals surface area contributed by atoms with Crippen molar-refractivity contribution in [1.29, 1.82) is 0 Å². The van der Waals surface area contributed by atoms with Gasteiger partial charge in [-0.1, -0.05) is 39.2 Å². The van der Waals surface area contributed by atoms with Gasteiger partial charge in [-0.25, -0.2) is 15.0 Å². The predicted octanol–water partition coefficient (Wildman–Crippen LogP) is 3.31. The van der Waals surface area contributed by atoms with Crippen LogP contribution in [0.5, 0.6) is 0 Å². The first-order valence-electron chi connectivity index (χ1n) is 9.44. The van der Waals surface area contributed by atoms with Crippen LogP contribution in [0.15, 0.2) is 34.5 Å². The number of nitrogens with one attached hydrogen (secondary N) is 1. The SMILES string of the molecule is C=C(CCC)C1N=C(CC2CCC2)NN1C=NCCn1ccnc1C. The summed E-state index contributed by atoms with van der Waals surface area (Å²) in [6.45, 7) is 9.99. The standard InChI is InChI=1S/C19H30N6/c1-4-6-15(2)19-22-18(13-17-7-5-8-17)23-25(19)14-20-9-11-24-12-10-21-16(24)3/h10,12,14,17,19H,2,4-9,11,13H2,1,3H3,(H,22,23). The first kappa shape index (κ1) is 17.7. The van der Waals surface area contributed by atoms with E-state index in [-0.39, 0.29) is 6.17 Å². The molecule has 1 N–H and O–H groups in total. The van der Waals surface area contributed by atoms with E-state index in [0.29, 0.717) is 0 Å². The summed E-state index contributed by atoms with van der Waals surface area (Å²) in [5.41, 5.74) is 4.59. The zero-order valence-corrected chi connectivity index (χ0v) is 15.5. The van der Waals surface area contributed by atoms with Crippen LogP contribution in [-0.2, 0) is 6.54 Å². The van der Waals surface area contributed by atoms with Gasteiger partial charge in [-0.05, 0) is 24.8 Å². The Balaban J connectivity index is 1.56. The summed E-state index contributed by atoms with van der Waals surface area (Å²) in [6, 6.07) is 0. The van der Waals surface area contributed by atoms with Crippen LogP contribution in [0.1, 0.15) is 51.3 Å². The maximum absolute atomic E-state index is 4.88. The Morgan fingerprint density at radius 2 is 2.32 bits per heavy atom. The molecule has 0 amide bonds. The summed E-state index contributed by atoms with van der Waals surface area (Å²) in [7, 11) is 0. The second-order valence-corrected chi connectivity index (χ2v) is 7.07. The van der Waals surface area contributed by atoms with Crippen molar-refractivity contribution in [2.24, 2.45) is 15.9 Å². The lowest BCUT2D eigenvalue weighted by atomic mass is 9.83. The molecule has 1 aromatic rings. The zero-order valence-electron chi connectivity index (χ0n) is 15.5. The van der Waals surface area contributed by atoms with Gasteiger partial charge in [0.1, 0.15) is 18.0 Å². The second-order valence-electron chi connectivity index (χ2n) is 7.07. The Morgan fingerprint density at radius 1 is 1.48 bits per heavy atom. The Hall–Kier alpha value is -2.11. The Morgan fingerprint density at radius 3 is 2.96 bits per heavy atom. The maximum atomic E-state index is 4.88. The van der Waals surface area contributed by atoms with Gasteiger partial charge in [0.05, 0.1) is 6.54 Å². The lowest BCUT2D eigenvalue weighted by molar-refractivity contribution is 0.317. The van der Waals surface area contributed by atoms with Gasteiger partial charge in [0, 0.05) is 25.4 Å². The van der Waals surface area contributed by atoms with Crippen molar-refractivity contribution in [2.45, 2.75) is 65.1 Å². The number of aryl methyl sites for hydroxylation is 1. The van der Waals surface area contributed by atoms with E-state index in [0.717, 1.165) is 55.5 Å². The van der Waals surface area contributed by atoms with Gasteiger partial charge in [0.2, 0.25) is 0 Å². The second kappa shape index (κ2) is 8.32. The van der Waals surface area contributed by atoms with Gasteiger partial charge >= 0.3 is 0 Å². The molecule has 1 aromatic heterocycles. The van der Waals surface area contributed by atoms with Gasteiger partial charge in [0.25, 0.3) is 0 Å². The third kappa shape index (κ3) is 4.50. The summed E-state index contributed by atoms with van der Waals surface area (Å²) in [6.07, 6.45) is 12.8. The third-order valence-electron chi connectivity index (χ3n) is 5.04. The molecule has 1 aliphatic heterocycles. The fourth-order valence-corrected chi connectivity index (χ4v) is 3.30. The number of hydrazine groups is 1. The van der Waals surface area contributed by atoms with E-state index in [1.165, 1.54) is 19.3 Å². The molecule has 0 saturated heterocycles. The van der Waals surface area contributed by atoms with Crippen LogP contribution in [0.4, 0.5) is 0 Å². The predicted molar refractivity (Wildman–Crippen MR) is 103 cm³/mol. The molecule has 0 spiro atoms. The van der Waals surface area contributed by atoms with E-state index < -0.39 is 0 Å². The number of aromatic nitrogens is 2. The van der Waals surface area contributed by atoms with Crippen LogP contribution in [-0.4, -0.2) is 39.4 Å². The molecule has 6 heteroatoms. The van der Waals surface area contributed by atoms with Crippen LogP contribution in [0, 0.1) is 12.8 Å². The molecule has 3 rings (SSSR count). The highest BCUT2D eigenvalue weighted by molar-refractivity contribution is 5.86. The Kier molecular flexibility index (Phi) is 5.89. The minimum atomic E-state index is -0.0197.